The molecule has 0 bridgehead atoms. The van der Waals surface area contributed by atoms with Crippen LogP contribution in [0.5, 0.6) is 0 Å². The number of carboxylic acids is 1. The Hall–Kier alpha value is -3.62. The number of aromatic nitrogens is 3. The Bertz CT molecular complexity index is 1200. The van der Waals surface area contributed by atoms with Gasteiger partial charge in [-0.1, -0.05) is 32.1 Å². The Labute approximate surface area is 183 Å². The number of halogens is 1. The number of carbonyl (C=O) groups excluding carboxylic acids is 1. The molecule has 0 aliphatic heterocycles. The van der Waals surface area contributed by atoms with E-state index in [-0.39, 0.29) is 22.7 Å². The molecule has 32 heavy (non-hydrogen) atoms. The molecule has 1 amide bonds. The van der Waals surface area contributed by atoms with Gasteiger partial charge in [-0.3, -0.25) is 14.2 Å². The lowest BCUT2D eigenvalue weighted by atomic mass is 9.84. The molecule has 0 saturated heterocycles. The molecule has 1 aromatic carbocycles. The second-order valence-corrected chi connectivity index (χ2v) is 8.10. The number of carboxylic acid groups (broad SMARTS) is 1. The first-order valence-electron chi connectivity index (χ1n) is 10.6. The van der Waals surface area contributed by atoms with Crippen molar-refractivity contribution in [1.29, 1.82) is 0 Å². The SMILES string of the molecule is O=C(O)c1ccc(NC(=O)C(CC2CCCCC2)n2cnc3ccc(F)cc3c2=O)nc1. The van der Waals surface area contributed by atoms with Crippen LogP contribution < -0.4 is 10.9 Å². The number of hydrogen-bond donors (Lipinski definition) is 2. The maximum Gasteiger partial charge on any atom is 0.337 e. The lowest BCUT2D eigenvalue weighted by Crippen LogP contribution is -2.35. The monoisotopic (exact) mass is 438 g/mol. The second kappa shape index (κ2) is 9.25. The number of aromatic carboxylic acids is 1. The van der Waals surface area contributed by atoms with Gasteiger partial charge in [0.1, 0.15) is 17.7 Å². The van der Waals surface area contributed by atoms with E-state index in [0.29, 0.717) is 11.9 Å². The number of amides is 1. The molecule has 166 valence electrons. The molecule has 1 atom stereocenters. The van der Waals surface area contributed by atoms with E-state index < -0.39 is 29.3 Å². The van der Waals surface area contributed by atoms with E-state index in [1.807, 2.05) is 0 Å². The fraction of sp³-hybridized carbons (Fsp3) is 0.348. The summed E-state index contributed by atoms with van der Waals surface area (Å²) in [6, 6.07) is 5.68. The summed E-state index contributed by atoms with van der Waals surface area (Å²) in [5.74, 6) is -1.67. The summed E-state index contributed by atoms with van der Waals surface area (Å²) < 4.78 is 15.0. The molecule has 4 rings (SSSR count). The summed E-state index contributed by atoms with van der Waals surface area (Å²) in [5.41, 5.74) is -0.131. The van der Waals surface area contributed by atoms with E-state index in [1.54, 1.807) is 0 Å². The number of carbonyl (C=O) groups is 2. The summed E-state index contributed by atoms with van der Waals surface area (Å²) in [6.07, 6.45) is 8.18. The van der Waals surface area contributed by atoms with Crippen LogP contribution in [0, 0.1) is 11.7 Å². The van der Waals surface area contributed by atoms with Gasteiger partial charge in [0.05, 0.1) is 22.8 Å². The highest BCUT2D eigenvalue weighted by Crippen LogP contribution is 2.31. The topological polar surface area (TPSA) is 114 Å². The summed E-state index contributed by atoms with van der Waals surface area (Å²) in [5, 5.41) is 11.8. The maximum atomic E-state index is 13.8. The Balaban J connectivity index is 1.67. The van der Waals surface area contributed by atoms with Gasteiger partial charge in [0.15, 0.2) is 0 Å². The van der Waals surface area contributed by atoms with Gasteiger partial charge in [0, 0.05) is 6.20 Å². The lowest BCUT2D eigenvalue weighted by Gasteiger charge is -2.27. The normalized spacial score (nSPS) is 15.4. The van der Waals surface area contributed by atoms with Crippen molar-refractivity contribution in [1.82, 2.24) is 14.5 Å². The molecule has 0 spiro atoms. The third-order valence-electron chi connectivity index (χ3n) is 5.93. The fourth-order valence-corrected chi connectivity index (χ4v) is 4.22. The molecule has 1 aliphatic carbocycles. The van der Waals surface area contributed by atoms with E-state index in [0.717, 1.165) is 44.4 Å². The molecule has 1 fully saturated rings. The predicted molar refractivity (Wildman–Crippen MR) is 116 cm³/mol. The van der Waals surface area contributed by atoms with Crippen molar-refractivity contribution in [3.8, 4) is 0 Å². The van der Waals surface area contributed by atoms with Crippen molar-refractivity contribution in [3.05, 3.63) is 64.6 Å². The minimum absolute atomic E-state index is 0.00118. The molecule has 2 heterocycles. The number of anilines is 1. The van der Waals surface area contributed by atoms with Crippen LogP contribution in [0.4, 0.5) is 10.2 Å². The van der Waals surface area contributed by atoms with Gasteiger partial charge in [0.2, 0.25) is 5.91 Å². The van der Waals surface area contributed by atoms with Crippen LogP contribution in [-0.2, 0) is 4.79 Å². The minimum atomic E-state index is -1.12. The molecule has 0 radical (unpaired) electrons. The van der Waals surface area contributed by atoms with Crippen molar-refractivity contribution in [2.75, 3.05) is 5.32 Å². The van der Waals surface area contributed by atoms with Crippen LogP contribution in [-0.4, -0.2) is 31.5 Å². The van der Waals surface area contributed by atoms with Crippen molar-refractivity contribution in [2.45, 2.75) is 44.6 Å². The zero-order chi connectivity index (χ0) is 22.7. The van der Waals surface area contributed by atoms with Gasteiger partial charge in [-0.05, 0) is 42.7 Å². The van der Waals surface area contributed by atoms with Crippen LogP contribution in [0.2, 0.25) is 0 Å². The average Bonchev–Trinajstić information content (AvgIpc) is 2.79. The van der Waals surface area contributed by atoms with Crippen LogP contribution in [0.15, 0.2) is 47.7 Å². The summed E-state index contributed by atoms with van der Waals surface area (Å²) in [4.78, 5) is 45.6. The zero-order valence-corrected chi connectivity index (χ0v) is 17.3. The van der Waals surface area contributed by atoms with Gasteiger partial charge in [-0.15, -0.1) is 0 Å². The van der Waals surface area contributed by atoms with Gasteiger partial charge in [-0.2, -0.15) is 0 Å². The minimum Gasteiger partial charge on any atom is -0.478 e. The summed E-state index contributed by atoms with van der Waals surface area (Å²) >= 11 is 0. The van der Waals surface area contributed by atoms with Gasteiger partial charge < -0.3 is 10.4 Å². The van der Waals surface area contributed by atoms with E-state index in [9.17, 15) is 18.8 Å². The molecular weight excluding hydrogens is 415 g/mol. The Morgan fingerprint density at radius 2 is 1.94 bits per heavy atom. The highest BCUT2D eigenvalue weighted by atomic mass is 19.1. The van der Waals surface area contributed by atoms with Crippen LogP contribution in [0.3, 0.4) is 0 Å². The highest BCUT2D eigenvalue weighted by molar-refractivity contribution is 5.94. The second-order valence-electron chi connectivity index (χ2n) is 8.10. The first kappa shape index (κ1) is 21.6. The van der Waals surface area contributed by atoms with Crippen LogP contribution in [0.25, 0.3) is 10.9 Å². The van der Waals surface area contributed by atoms with Crippen LogP contribution in [0.1, 0.15) is 54.9 Å². The number of nitrogens with zero attached hydrogens (tertiary/aromatic N) is 3. The van der Waals surface area contributed by atoms with E-state index in [4.69, 9.17) is 5.11 Å². The molecular formula is C23H23FN4O4. The Morgan fingerprint density at radius 3 is 2.62 bits per heavy atom. The van der Waals surface area contributed by atoms with Gasteiger partial charge >= 0.3 is 5.97 Å². The van der Waals surface area contributed by atoms with Crippen molar-refractivity contribution in [3.63, 3.8) is 0 Å². The van der Waals surface area contributed by atoms with E-state index in [1.165, 1.54) is 35.2 Å². The Kier molecular flexibility index (Phi) is 6.25. The average molecular weight is 438 g/mol. The third-order valence-corrected chi connectivity index (χ3v) is 5.93. The molecule has 2 aromatic heterocycles. The predicted octanol–water partition coefficient (Wildman–Crippen LogP) is 3.78. The van der Waals surface area contributed by atoms with Crippen molar-refractivity contribution in [2.24, 2.45) is 5.92 Å². The highest BCUT2D eigenvalue weighted by Gasteiger charge is 2.28. The van der Waals surface area contributed by atoms with Gasteiger partial charge in [0.25, 0.3) is 5.56 Å². The number of rotatable bonds is 6. The number of pyridine rings is 1. The summed E-state index contributed by atoms with van der Waals surface area (Å²) in [6.45, 7) is 0. The molecule has 1 unspecified atom stereocenters. The molecule has 9 heteroatoms. The Morgan fingerprint density at radius 1 is 1.16 bits per heavy atom. The number of nitrogens with one attached hydrogen (secondary N) is 1. The molecule has 2 N–H and O–H groups in total. The van der Waals surface area contributed by atoms with E-state index >= 15 is 0 Å². The van der Waals surface area contributed by atoms with Crippen LogP contribution >= 0.6 is 0 Å². The number of benzene rings is 1. The van der Waals surface area contributed by atoms with Gasteiger partial charge in [-0.25, -0.2) is 19.2 Å². The quantitative estimate of drug-likeness (QED) is 0.605. The zero-order valence-electron chi connectivity index (χ0n) is 17.3. The van der Waals surface area contributed by atoms with E-state index in [2.05, 4.69) is 15.3 Å². The van der Waals surface area contributed by atoms with Crippen molar-refractivity contribution >= 4 is 28.6 Å². The standard InChI is InChI=1S/C23H23FN4O4/c24-16-7-8-18-17(11-16)22(30)28(13-26-18)19(10-14-4-2-1-3-5-14)21(29)27-20-9-6-15(12-25-20)23(31)32/h6-9,11-14,19H,1-5,10H2,(H,31,32)(H,25,27,29). The molecule has 1 saturated carbocycles. The lowest BCUT2D eigenvalue weighted by molar-refractivity contribution is -0.120. The number of hydrogen-bond acceptors (Lipinski definition) is 5. The summed E-state index contributed by atoms with van der Waals surface area (Å²) in [7, 11) is 0. The molecule has 3 aromatic rings. The number of fused-ring (bicyclic) bond motifs is 1. The smallest absolute Gasteiger partial charge is 0.337 e. The largest absolute Gasteiger partial charge is 0.478 e. The maximum absolute atomic E-state index is 13.8. The first-order valence-corrected chi connectivity index (χ1v) is 10.6. The first-order chi connectivity index (χ1) is 15.4. The third kappa shape index (κ3) is 4.66. The fourth-order valence-electron chi connectivity index (χ4n) is 4.22. The van der Waals surface area contributed by atoms with Crippen molar-refractivity contribution < 1.29 is 19.1 Å². The molecule has 8 nitrogen and oxygen atoms in total. The molecule has 1 aliphatic rings.